The SMILES string of the molecule is CNCc1cn(Cc2ccc(Br)s2)nn1. The lowest BCUT2D eigenvalue weighted by atomic mass is 10.4. The average molecular weight is 287 g/mol. The quantitative estimate of drug-likeness (QED) is 0.933. The molecule has 0 saturated heterocycles. The van der Waals surface area contributed by atoms with Gasteiger partial charge in [0.1, 0.15) is 0 Å². The number of hydrogen-bond donors (Lipinski definition) is 1. The summed E-state index contributed by atoms with van der Waals surface area (Å²) in [6, 6.07) is 4.14. The molecule has 0 amide bonds. The normalized spacial score (nSPS) is 10.8. The van der Waals surface area contributed by atoms with Gasteiger partial charge in [0.25, 0.3) is 0 Å². The fraction of sp³-hybridized carbons (Fsp3) is 0.333. The van der Waals surface area contributed by atoms with Crippen molar-refractivity contribution in [3.05, 3.63) is 32.7 Å². The molecule has 0 saturated carbocycles. The number of halogens is 1. The van der Waals surface area contributed by atoms with Crippen molar-refractivity contribution in [2.75, 3.05) is 7.05 Å². The van der Waals surface area contributed by atoms with E-state index >= 15 is 0 Å². The molecule has 6 heteroatoms. The third-order valence-corrected chi connectivity index (χ3v) is 3.50. The molecule has 0 atom stereocenters. The third kappa shape index (κ3) is 2.87. The van der Waals surface area contributed by atoms with Crippen molar-refractivity contribution in [2.24, 2.45) is 0 Å². The molecule has 2 heterocycles. The van der Waals surface area contributed by atoms with E-state index in [1.807, 2.05) is 24.0 Å². The van der Waals surface area contributed by atoms with Gasteiger partial charge in [-0.2, -0.15) is 0 Å². The van der Waals surface area contributed by atoms with Gasteiger partial charge in [0.05, 0.1) is 22.2 Å². The van der Waals surface area contributed by atoms with Crippen LogP contribution < -0.4 is 5.32 Å². The maximum absolute atomic E-state index is 4.06. The Hall–Kier alpha value is -0.720. The standard InChI is InChI=1S/C9H11BrN4S/c1-11-4-7-5-14(13-12-7)6-8-2-3-9(10)15-8/h2-3,5,11H,4,6H2,1H3. The van der Waals surface area contributed by atoms with Crippen LogP contribution in [0.1, 0.15) is 10.6 Å². The number of aromatic nitrogens is 3. The summed E-state index contributed by atoms with van der Waals surface area (Å²) in [4.78, 5) is 1.27. The summed E-state index contributed by atoms with van der Waals surface area (Å²) < 4.78 is 3.00. The molecule has 2 aromatic heterocycles. The zero-order valence-corrected chi connectivity index (χ0v) is 10.7. The smallest absolute Gasteiger partial charge is 0.0964 e. The molecule has 2 rings (SSSR count). The second-order valence-corrected chi connectivity index (χ2v) is 5.69. The van der Waals surface area contributed by atoms with Gasteiger partial charge in [-0.1, -0.05) is 5.21 Å². The second kappa shape index (κ2) is 4.87. The van der Waals surface area contributed by atoms with Crippen LogP contribution in [-0.4, -0.2) is 22.0 Å². The summed E-state index contributed by atoms with van der Waals surface area (Å²) in [7, 11) is 1.90. The molecule has 0 spiro atoms. The van der Waals surface area contributed by atoms with E-state index in [0.717, 1.165) is 22.6 Å². The van der Waals surface area contributed by atoms with E-state index in [4.69, 9.17) is 0 Å². The van der Waals surface area contributed by atoms with Crippen LogP contribution in [0.25, 0.3) is 0 Å². The third-order valence-electron chi connectivity index (χ3n) is 1.89. The molecule has 80 valence electrons. The maximum atomic E-state index is 4.06. The van der Waals surface area contributed by atoms with Gasteiger partial charge in [-0.25, -0.2) is 4.68 Å². The first-order valence-corrected chi connectivity index (χ1v) is 6.16. The Bertz CT molecular complexity index is 437. The van der Waals surface area contributed by atoms with Crippen LogP contribution in [0.2, 0.25) is 0 Å². The van der Waals surface area contributed by atoms with Crippen molar-refractivity contribution in [3.63, 3.8) is 0 Å². The lowest BCUT2D eigenvalue weighted by Crippen LogP contribution is -2.05. The Morgan fingerprint density at radius 1 is 1.53 bits per heavy atom. The summed E-state index contributed by atoms with van der Waals surface area (Å²) >= 11 is 5.16. The summed E-state index contributed by atoms with van der Waals surface area (Å²) in [5.41, 5.74) is 0.966. The van der Waals surface area contributed by atoms with Gasteiger partial charge in [-0.05, 0) is 35.1 Å². The van der Waals surface area contributed by atoms with Crippen LogP contribution >= 0.6 is 27.3 Å². The monoisotopic (exact) mass is 286 g/mol. The molecule has 0 fully saturated rings. The molecule has 4 nitrogen and oxygen atoms in total. The minimum atomic E-state index is 0.758. The van der Waals surface area contributed by atoms with Gasteiger partial charge in [-0.15, -0.1) is 16.4 Å². The Kier molecular flexibility index (Phi) is 3.50. The molecule has 0 unspecified atom stereocenters. The first-order valence-electron chi connectivity index (χ1n) is 4.56. The Balaban J connectivity index is 2.04. The average Bonchev–Trinajstić information content (AvgIpc) is 2.78. The number of hydrogen-bond acceptors (Lipinski definition) is 4. The minimum Gasteiger partial charge on any atom is -0.314 e. The molecule has 2 aromatic rings. The van der Waals surface area contributed by atoms with E-state index in [1.54, 1.807) is 11.3 Å². The van der Waals surface area contributed by atoms with Crippen LogP contribution in [0.5, 0.6) is 0 Å². The Morgan fingerprint density at radius 3 is 3.07 bits per heavy atom. The van der Waals surface area contributed by atoms with E-state index < -0.39 is 0 Å². The lowest BCUT2D eigenvalue weighted by molar-refractivity contribution is 0.655. The molecule has 0 radical (unpaired) electrons. The second-order valence-electron chi connectivity index (χ2n) is 3.14. The minimum absolute atomic E-state index is 0.758. The number of nitrogens with zero attached hydrogens (tertiary/aromatic N) is 3. The lowest BCUT2D eigenvalue weighted by Gasteiger charge is -1.95. The molecule has 0 aliphatic heterocycles. The molecule has 1 N–H and O–H groups in total. The van der Waals surface area contributed by atoms with Crippen molar-refractivity contribution in [2.45, 2.75) is 13.1 Å². The van der Waals surface area contributed by atoms with E-state index in [9.17, 15) is 0 Å². The highest BCUT2D eigenvalue weighted by Gasteiger charge is 2.02. The zero-order chi connectivity index (χ0) is 10.7. The number of rotatable bonds is 4. The predicted octanol–water partition coefficient (Wildman–Crippen LogP) is 1.87. The van der Waals surface area contributed by atoms with Gasteiger partial charge in [0.15, 0.2) is 0 Å². The predicted molar refractivity (Wildman–Crippen MR) is 63.9 cm³/mol. The fourth-order valence-electron chi connectivity index (χ4n) is 1.27. The first kappa shape index (κ1) is 10.8. The van der Waals surface area contributed by atoms with E-state index in [0.29, 0.717) is 0 Å². The van der Waals surface area contributed by atoms with Crippen LogP contribution in [0.15, 0.2) is 22.1 Å². The topological polar surface area (TPSA) is 42.7 Å². The molecule has 0 aromatic carbocycles. The van der Waals surface area contributed by atoms with Crippen molar-refractivity contribution < 1.29 is 0 Å². The fourth-order valence-corrected chi connectivity index (χ4v) is 2.75. The highest BCUT2D eigenvalue weighted by molar-refractivity contribution is 9.11. The summed E-state index contributed by atoms with van der Waals surface area (Å²) in [5.74, 6) is 0. The Labute approximate surface area is 100 Å². The van der Waals surface area contributed by atoms with Crippen LogP contribution in [0.4, 0.5) is 0 Å². The highest BCUT2D eigenvalue weighted by atomic mass is 79.9. The van der Waals surface area contributed by atoms with Gasteiger partial charge in [-0.3, -0.25) is 0 Å². The summed E-state index contributed by atoms with van der Waals surface area (Å²) in [5, 5.41) is 11.2. The maximum Gasteiger partial charge on any atom is 0.0964 e. The highest BCUT2D eigenvalue weighted by Crippen LogP contribution is 2.22. The van der Waals surface area contributed by atoms with Crippen LogP contribution in [0, 0.1) is 0 Å². The van der Waals surface area contributed by atoms with E-state index in [1.165, 1.54) is 4.88 Å². The zero-order valence-electron chi connectivity index (χ0n) is 8.27. The van der Waals surface area contributed by atoms with Crippen molar-refractivity contribution in [3.8, 4) is 0 Å². The largest absolute Gasteiger partial charge is 0.314 e. The molecular formula is C9H11BrN4S. The molecule has 0 bridgehead atoms. The van der Waals surface area contributed by atoms with Gasteiger partial charge >= 0.3 is 0 Å². The molecular weight excluding hydrogens is 276 g/mol. The summed E-state index contributed by atoms with van der Waals surface area (Å²) in [6.45, 7) is 1.54. The van der Waals surface area contributed by atoms with Crippen molar-refractivity contribution in [1.82, 2.24) is 20.3 Å². The van der Waals surface area contributed by atoms with Gasteiger partial charge in [0.2, 0.25) is 0 Å². The molecule has 0 aliphatic rings. The van der Waals surface area contributed by atoms with Crippen molar-refractivity contribution >= 4 is 27.3 Å². The number of nitrogens with one attached hydrogen (secondary N) is 1. The summed E-state index contributed by atoms with van der Waals surface area (Å²) in [6.07, 6.45) is 1.96. The first-order chi connectivity index (χ1) is 7.28. The Morgan fingerprint density at radius 2 is 2.40 bits per heavy atom. The van der Waals surface area contributed by atoms with Gasteiger partial charge in [0, 0.05) is 11.4 Å². The van der Waals surface area contributed by atoms with Crippen LogP contribution in [-0.2, 0) is 13.1 Å². The van der Waals surface area contributed by atoms with Crippen molar-refractivity contribution in [1.29, 1.82) is 0 Å². The van der Waals surface area contributed by atoms with Gasteiger partial charge < -0.3 is 5.32 Å². The van der Waals surface area contributed by atoms with E-state index in [-0.39, 0.29) is 0 Å². The van der Waals surface area contributed by atoms with E-state index in [2.05, 4.69) is 37.6 Å². The van der Waals surface area contributed by atoms with Crippen LogP contribution in [0.3, 0.4) is 0 Å². The number of thiophene rings is 1. The molecule has 15 heavy (non-hydrogen) atoms. The molecule has 0 aliphatic carbocycles.